The number of hydrogen-bond donors (Lipinski definition) is 4. The second kappa shape index (κ2) is 7.27. The van der Waals surface area contributed by atoms with E-state index in [0.717, 1.165) is 49.3 Å². The number of nitrogen functional groups attached to an aromatic ring is 1. The molecule has 0 saturated heterocycles. The highest BCUT2D eigenvalue weighted by Crippen LogP contribution is 2.65. The summed E-state index contributed by atoms with van der Waals surface area (Å²) >= 11 is 0. The predicted molar refractivity (Wildman–Crippen MR) is 130 cm³/mol. The zero-order chi connectivity index (χ0) is 23.0. The van der Waals surface area contributed by atoms with E-state index in [-0.39, 0.29) is 17.4 Å². The van der Waals surface area contributed by atoms with Crippen molar-refractivity contribution in [3.8, 4) is 0 Å². The lowest BCUT2D eigenvalue weighted by molar-refractivity contribution is -0.228. The maximum atomic E-state index is 12.3. The molecule has 0 aliphatic heterocycles. The van der Waals surface area contributed by atoms with E-state index < -0.39 is 11.2 Å². The molecule has 176 valence electrons. The lowest BCUT2D eigenvalue weighted by Gasteiger charge is -2.57. The van der Waals surface area contributed by atoms with Gasteiger partial charge in [-0.1, -0.05) is 25.1 Å². The van der Waals surface area contributed by atoms with Crippen LogP contribution in [0.25, 0.3) is 16.3 Å². The fourth-order valence-electron chi connectivity index (χ4n) is 8.18. The zero-order valence-electron chi connectivity index (χ0n) is 19.5. The Balaban J connectivity index is 1.35. The number of nitrogens with two attached hydrogens (primary N) is 1. The molecule has 0 spiro atoms. The third-order valence-corrected chi connectivity index (χ3v) is 10.0. The van der Waals surface area contributed by atoms with Crippen molar-refractivity contribution >= 4 is 22.2 Å². The molecule has 6 unspecified atom stereocenters. The normalized spacial score (nSPS) is 42.7. The summed E-state index contributed by atoms with van der Waals surface area (Å²) in [5.41, 5.74) is 6.06. The van der Waals surface area contributed by atoms with Gasteiger partial charge in [0.05, 0.1) is 17.3 Å². The van der Waals surface area contributed by atoms with Crippen LogP contribution in [0.15, 0.2) is 36.5 Å². The molecule has 7 atom stereocenters. The Bertz CT molecular complexity index is 1130. The van der Waals surface area contributed by atoms with Gasteiger partial charge < -0.3 is 21.1 Å². The van der Waals surface area contributed by atoms with E-state index >= 15 is 0 Å². The number of fused-ring (bicyclic) bond motifs is 5. The highest BCUT2D eigenvalue weighted by atomic mass is 16.4. The molecule has 5 N–H and O–H groups in total. The average molecular weight is 449 g/mol. The highest BCUT2D eigenvalue weighted by Gasteiger charge is 2.65. The topological polar surface area (TPSA) is 99.6 Å². The van der Waals surface area contributed by atoms with Gasteiger partial charge in [0.2, 0.25) is 0 Å². The minimum atomic E-state index is -1.09. The number of rotatable bonds is 1. The first-order valence-electron chi connectivity index (χ1n) is 12.7. The van der Waals surface area contributed by atoms with E-state index in [1.54, 1.807) is 0 Å². The number of benzene rings is 1. The molecule has 5 heteroatoms. The first-order valence-corrected chi connectivity index (χ1v) is 12.7. The van der Waals surface area contributed by atoms with Crippen molar-refractivity contribution in [3.05, 3.63) is 42.1 Å². The molecule has 3 fully saturated rings. The maximum Gasteiger partial charge on any atom is 0.123 e. The van der Waals surface area contributed by atoms with E-state index in [0.29, 0.717) is 36.9 Å². The second-order valence-electron chi connectivity index (χ2n) is 11.7. The van der Waals surface area contributed by atoms with Gasteiger partial charge in [0.25, 0.3) is 0 Å². The van der Waals surface area contributed by atoms with Crippen LogP contribution in [0.2, 0.25) is 0 Å². The lowest BCUT2D eigenvalue weighted by atomic mass is 9.52. The Hall–Kier alpha value is -1.95. The van der Waals surface area contributed by atoms with Gasteiger partial charge in [0, 0.05) is 17.5 Å². The summed E-state index contributed by atoms with van der Waals surface area (Å²) in [4.78, 5) is 4.21. The first-order chi connectivity index (χ1) is 15.7. The lowest BCUT2D eigenvalue weighted by Crippen LogP contribution is -2.64. The Morgan fingerprint density at radius 2 is 1.85 bits per heavy atom. The predicted octanol–water partition coefficient (Wildman–Crippen LogP) is 4.44. The van der Waals surface area contributed by atoms with Crippen LogP contribution >= 0.6 is 0 Å². The van der Waals surface area contributed by atoms with E-state index in [1.165, 1.54) is 11.1 Å². The summed E-state index contributed by atoms with van der Waals surface area (Å²) in [7, 11) is 0. The fraction of sp³-hybridized carbons (Fsp3) is 0.607. The van der Waals surface area contributed by atoms with E-state index in [2.05, 4.69) is 36.2 Å². The van der Waals surface area contributed by atoms with E-state index in [9.17, 15) is 15.3 Å². The molecular formula is C28H36N2O3. The summed E-state index contributed by atoms with van der Waals surface area (Å²) in [5, 5.41) is 36.7. The van der Waals surface area contributed by atoms with Crippen molar-refractivity contribution < 1.29 is 15.3 Å². The summed E-state index contributed by atoms with van der Waals surface area (Å²) < 4.78 is 0. The monoisotopic (exact) mass is 448 g/mol. The van der Waals surface area contributed by atoms with Gasteiger partial charge >= 0.3 is 0 Å². The summed E-state index contributed by atoms with van der Waals surface area (Å²) in [6.07, 6.45) is 11.0. The number of aliphatic hydroxyl groups is 3. The molecule has 3 saturated carbocycles. The van der Waals surface area contributed by atoms with Crippen LogP contribution < -0.4 is 5.73 Å². The van der Waals surface area contributed by atoms with Crippen LogP contribution in [-0.2, 0) is 0 Å². The Morgan fingerprint density at radius 3 is 2.70 bits per heavy atom. The van der Waals surface area contributed by atoms with Crippen molar-refractivity contribution in [2.75, 3.05) is 5.73 Å². The van der Waals surface area contributed by atoms with Crippen molar-refractivity contribution in [2.24, 2.45) is 23.2 Å². The molecule has 1 aromatic heterocycles. The standard InChI is InChI=1S/C28H36N2O3/c1-26-10-11-27(32)15-21-13-22(31)5-4-17(21)8-9-28(27,33)24(26)7-6-23(26)18-2-3-19-16-30-25(29)14-20(19)12-18/h2-3,6,12,14,16-17,21-22,24,31-33H,4-5,7-11,13,15H2,1H3,(H2,29,30)/t17?,21?,22?,24?,26?,27?,28-/m0/s1. The number of nitrogens with zero attached hydrogens (tertiary/aromatic N) is 1. The van der Waals surface area contributed by atoms with Crippen LogP contribution in [0.1, 0.15) is 70.3 Å². The summed E-state index contributed by atoms with van der Waals surface area (Å²) in [6.45, 7) is 2.29. The Morgan fingerprint density at radius 1 is 1.00 bits per heavy atom. The zero-order valence-corrected chi connectivity index (χ0v) is 19.5. The van der Waals surface area contributed by atoms with Crippen LogP contribution in [0.4, 0.5) is 5.82 Å². The Kier molecular flexibility index (Phi) is 4.75. The van der Waals surface area contributed by atoms with Gasteiger partial charge in [-0.25, -0.2) is 4.98 Å². The van der Waals surface area contributed by atoms with Gasteiger partial charge in [-0.15, -0.1) is 0 Å². The number of anilines is 1. The summed E-state index contributed by atoms with van der Waals surface area (Å²) in [5.74, 6) is 1.34. The average Bonchev–Trinajstić information content (AvgIpc) is 3.09. The van der Waals surface area contributed by atoms with Gasteiger partial charge in [-0.3, -0.25) is 0 Å². The largest absolute Gasteiger partial charge is 0.393 e. The van der Waals surface area contributed by atoms with Crippen molar-refractivity contribution in [2.45, 2.75) is 82.0 Å². The van der Waals surface area contributed by atoms with Crippen molar-refractivity contribution in [1.29, 1.82) is 0 Å². The number of pyridine rings is 1. The van der Waals surface area contributed by atoms with Crippen molar-refractivity contribution in [1.82, 2.24) is 4.98 Å². The van der Waals surface area contributed by atoms with Crippen molar-refractivity contribution in [3.63, 3.8) is 0 Å². The molecule has 5 nitrogen and oxygen atoms in total. The maximum absolute atomic E-state index is 12.3. The van der Waals surface area contributed by atoms with Gasteiger partial charge in [0.1, 0.15) is 5.82 Å². The van der Waals surface area contributed by atoms with Crippen LogP contribution in [-0.4, -0.2) is 37.6 Å². The van der Waals surface area contributed by atoms with Crippen LogP contribution in [0, 0.1) is 23.2 Å². The molecule has 6 rings (SSSR count). The second-order valence-corrected chi connectivity index (χ2v) is 11.7. The molecule has 4 aliphatic carbocycles. The third kappa shape index (κ3) is 3.12. The molecule has 1 aromatic carbocycles. The highest BCUT2D eigenvalue weighted by molar-refractivity contribution is 5.88. The molecular weight excluding hydrogens is 412 g/mol. The SMILES string of the molecule is CC12CCC3(O)CC4CC(O)CCC4CC[C@]3(O)C1CC=C2c1ccc2cnc(N)cc2c1. The molecule has 33 heavy (non-hydrogen) atoms. The number of hydrogen-bond acceptors (Lipinski definition) is 5. The summed E-state index contributed by atoms with van der Waals surface area (Å²) in [6, 6.07) is 8.38. The smallest absolute Gasteiger partial charge is 0.123 e. The van der Waals surface area contributed by atoms with E-state index in [4.69, 9.17) is 5.73 Å². The fourth-order valence-corrected chi connectivity index (χ4v) is 8.18. The van der Waals surface area contributed by atoms with Crippen LogP contribution in [0.3, 0.4) is 0 Å². The first kappa shape index (κ1) is 21.6. The molecule has 0 radical (unpaired) electrons. The molecule has 0 amide bonds. The molecule has 2 aromatic rings. The number of allylic oxidation sites excluding steroid dienone is 2. The number of aliphatic hydroxyl groups excluding tert-OH is 1. The molecule has 4 aliphatic rings. The molecule has 0 bridgehead atoms. The van der Waals surface area contributed by atoms with E-state index in [1.807, 2.05) is 12.3 Å². The minimum absolute atomic E-state index is 0.00188. The Labute approximate surface area is 195 Å². The number of aromatic nitrogens is 1. The van der Waals surface area contributed by atoms with Crippen LogP contribution in [0.5, 0.6) is 0 Å². The molecule has 1 heterocycles. The third-order valence-electron chi connectivity index (χ3n) is 10.0. The minimum Gasteiger partial charge on any atom is -0.393 e. The van der Waals surface area contributed by atoms with Gasteiger partial charge in [-0.2, -0.15) is 0 Å². The van der Waals surface area contributed by atoms with Gasteiger partial charge in [-0.05, 0) is 104 Å². The van der Waals surface area contributed by atoms with Gasteiger partial charge in [0.15, 0.2) is 0 Å². The quantitative estimate of drug-likeness (QED) is 0.517.